The van der Waals surface area contributed by atoms with Crippen molar-refractivity contribution < 1.29 is 9.53 Å². The summed E-state index contributed by atoms with van der Waals surface area (Å²) in [5, 5.41) is 2.78. The van der Waals surface area contributed by atoms with E-state index in [1.54, 1.807) is 0 Å². The van der Waals surface area contributed by atoms with Gasteiger partial charge in [0.15, 0.2) is 0 Å². The number of nitrogens with one attached hydrogen (secondary N) is 1. The van der Waals surface area contributed by atoms with Crippen LogP contribution in [0.1, 0.15) is 26.7 Å². The van der Waals surface area contributed by atoms with Gasteiger partial charge in [-0.2, -0.15) is 0 Å². The number of rotatable bonds is 3. The molecular formula is C10H17NO2. The Morgan fingerprint density at radius 2 is 2.31 bits per heavy atom. The molecule has 0 spiro atoms. The number of hydrogen-bond acceptors (Lipinski definition) is 2. The summed E-state index contributed by atoms with van der Waals surface area (Å²) in [5.41, 5.74) is 0.958. The van der Waals surface area contributed by atoms with Gasteiger partial charge in [-0.05, 0) is 26.7 Å². The number of ether oxygens (including phenoxy) is 1. The molecule has 0 aromatic rings. The molecule has 1 amide bonds. The quantitative estimate of drug-likeness (QED) is 0.669. The third-order valence-electron chi connectivity index (χ3n) is 2.09. The fraction of sp³-hybridized carbons (Fsp3) is 0.700. The first-order chi connectivity index (χ1) is 6.09. The summed E-state index contributed by atoms with van der Waals surface area (Å²) < 4.78 is 5.41. The van der Waals surface area contributed by atoms with E-state index in [2.05, 4.69) is 11.9 Å². The number of hydrogen-bond donors (Lipinski definition) is 1. The summed E-state index contributed by atoms with van der Waals surface area (Å²) in [6.45, 7) is 8.14. The van der Waals surface area contributed by atoms with E-state index in [9.17, 15) is 4.79 Å². The molecule has 0 bridgehead atoms. The van der Waals surface area contributed by atoms with E-state index in [1.165, 1.54) is 0 Å². The molecule has 3 nitrogen and oxygen atoms in total. The van der Waals surface area contributed by atoms with E-state index in [0.29, 0.717) is 6.54 Å². The first-order valence-electron chi connectivity index (χ1n) is 4.67. The standard InChI is InChI=1S/C10H17NO2/c1-7(2)6-11-10(12)9-5-4-8(3)13-9/h8-9H,1,4-6H2,2-3H3,(H,11,12)/t8-,9-/m0/s1. The van der Waals surface area contributed by atoms with Gasteiger partial charge in [0.1, 0.15) is 6.10 Å². The Balaban J connectivity index is 2.27. The van der Waals surface area contributed by atoms with Crippen LogP contribution >= 0.6 is 0 Å². The molecule has 0 saturated carbocycles. The largest absolute Gasteiger partial charge is 0.365 e. The third-order valence-corrected chi connectivity index (χ3v) is 2.09. The van der Waals surface area contributed by atoms with Crippen molar-refractivity contribution in [2.75, 3.05) is 6.54 Å². The lowest BCUT2D eigenvalue weighted by molar-refractivity contribution is -0.131. The van der Waals surface area contributed by atoms with E-state index in [-0.39, 0.29) is 18.1 Å². The van der Waals surface area contributed by atoms with Gasteiger partial charge in [-0.15, -0.1) is 0 Å². The summed E-state index contributed by atoms with van der Waals surface area (Å²) in [6, 6.07) is 0. The van der Waals surface area contributed by atoms with E-state index in [4.69, 9.17) is 4.74 Å². The lowest BCUT2D eigenvalue weighted by Crippen LogP contribution is -2.35. The van der Waals surface area contributed by atoms with Gasteiger partial charge in [-0.1, -0.05) is 12.2 Å². The molecule has 0 unspecified atom stereocenters. The van der Waals surface area contributed by atoms with Crippen LogP contribution in [0, 0.1) is 0 Å². The minimum atomic E-state index is -0.241. The van der Waals surface area contributed by atoms with Crippen molar-refractivity contribution >= 4 is 5.91 Å². The normalized spacial score (nSPS) is 27.2. The maximum atomic E-state index is 11.4. The van der Waals surface area contributed by atoms with Crippen molar-refractivity contribution in [1.82, 2.24) is 5.32 Å². The monoisotopic (exact) mass is 183 g/mol. The van der Waals surface area contributed by atoms with Gasteiger partial charge in [0.25, 0.3) is 0 Å². The fourth-order valence-electron chi connectivity index (χ4n) is 1.35. The summed E-state index contributed by atoms with van der Waals surface area (Å²) in [5.74, 6) is -0.00708. The molecule has 13 heavy (non-hydrogen) atoms. The van der Waals surface area contributed by atoms with Crippen molar-refractivity contribution in [3.63, 3.8) is 0 Å². The molecule has 0 aromatic heterocycles. The number of carbonyl (C=O) groups excluding carboxylic acids is 1. The third kappa shape index (κ3) is 3.19. The van der Waals surface area contributed by atoms with Crippen LogP contribution in [0.5, 0.6) is 0 Å². The highest BCUT2D eigenvalue weighted by atomic mass is 16.5. The highest BCUT2D eigenvalue weighted by Crippen LogP contribution is 2.18. The van der Waals surface area contributed by atoms with E-state index in [1.807, 2.05) is 13.8 Å². The van der Waals surface area contributed by atoms with Crippen LogP contribution in [0.4, 0.5) is 0 Å². The van der Waals surface area contributed by atoms with Crippen LogP contribution in [0.15, 0.2) is 12.2 Å². The van der Waals surface area contributed by atoms with Crippen molar-refractivity contribution in [2.24, 2.45) is 0 Å². The zero-order valence-electron chi connectivity index (χ0n) is 8.30. The second-order valence-corrected chi connectivity index (χ2v) is 3.69. The van der Waals surface area contributed by atoms with Crippen molar-refractivity contribution in [1.29, 1.82) is 0 Å². The van der Waals surface area contributed by atoms with E-state index in [0.717, 1.165) is 18.4 Å². The Morgan fingerprint density at radius 1 is 1.62 bits per heavy atom. The molecule has 1 aliphatic heterocycles. The van der Waals surface area contributed by atoms with Crippen LogP contribution in [-0.4, -0.2) is 24.7 Å². The summed E-state index contributed by atoms with van der Waals surface area (Å²) in [6.07, 6.45) is 1.80. The van der Waals surface area contributed by atoms with Crippen LogP contribution in [0.25, 0.3) is 0 Å². The first-order valence-corrected chi connectivity index (χ1v) is 4.67. The smallest absolute Gasteiger partial charge is 0.249 e. The summed E-state index contributed by atoms with van der Waals surface area (Å²) >= 11 is 0. The Labute approximate surface area is 79.2 Å². The van der Waals surface area contributed by atoms with Gasteiger partial charge in [-0.25, -0.2) is 0 Å². The molecule has 0 aromatic carbocycles. The molecule has 1 aliphatic rings. The second kappa shape index (κ2) is 4.42. The van der Waals surface area contributed by atoms with E-state index < -0.39 is 0 Å². The summed E-state index contributed by atoms with van der Waals surface area (Å²) in [7, 11) is 0. The second-order valence-electron chi connectivity index (χ2n) is 3.69. The summed E-state index contributed by atoms with van der Waals surface area (Å²) in [4.78, 5) is 11.4. The molecule has 1 rings (SSSR count). The molecule has 1 heterocycles. The van der Waals surface area contributed by atoms with Crippen LogP contribution in [0.3, 0.4) is 0 Å². The molecule has 1 saturated heterocycles. The average Bonchev–Trinajstić information content (AvgIpc) is 2.47. The van der Waals surface area contributed by atoms with Crippen molar-refractivity contribution in [3.05, 3.63) is 12.2 Å². The zero-order chi connectivity index (χ0) is 9.84. The van der Waals surface area contributed by atoms with Gasteiger partial charge in [0.2, 0.25) is 5.91 Å². The SMILES string of the molecule is C=C(C)CNC(=O)[C@@H]1CC[C@H](C)O1. The predicted molar refractivity (Wildman–Crippen MR) is 51.4 cm³/mol. The minimum absolute atomic E-state index is 0.00708. The Kier molecular flexibility index (Phi) is 3.48. The predicted octanol–water partition coefficient (Wildman–Crippen LogP) is 1.25. The zero-order valence-corrected chi connectivity index (χ0v) is 8.30. The average molecular weight is 183 g/mol. The fourth-order valence-corrected chi connectivity index (χ4v) is 1.35. The molecule has 3 heteroatoms. The van der Waals surface area contributed by atoms with Crippen molar-refractivity contribution in [3.8, 4) is 0 Å². The molecule has 1 N–H and O–H groups in total. The molecule has 0 radical (unpaired) electrons. The lowest BCUT2D eigenvalue weighted by Gasteiger charge is -2.11. The highest BCUT2D eigenvalue weighted by molar-refractivity contribution is 5.81. The maximum absolute atomic E-state index is 11.4. The van der Waals surface area contributed by atoms with Gasteiger partial charge in [-0.3, -0.25) is 4.79 Å². The van der Waals surface area contributed by atoms with Crippen molar-refractivity contribution in [2.45, 2.75) is 38.9 Å². The van der Waals surface area contributed by atoms with Gasteiger partial charge >= 0.3 is 0 Å². The molecular weight excluding hydrogens is 166 g/mol. The first kappa shape index (κ1) is 10.3. The molecule has 0 aliphatic carbocycles. The Morgan fingerprint density at radius 3 is 2.77 bits per heavy atom. The Hall–Kier alpha value is -0.830. The van der Waals surface area contributed by atoms with Gasteiger partial charge < -0.3 is 10.1 Å². The van der Waals surface area contributed by atoms with E-state index >= 15 is 0 Å². The van der Waals surface area contributed by atoms with Crippen LogP contribution in [0.2, 0.25) is 0 Å². The topological polar surface area (TPSA) is 38.3 Å². The van der Waals surface area contributed by atoms with Crippen LogP contribution < -0.4 is 5.32 Å². The van der Waals surface area contributed by atoms with Crippen LogP contribution in [-0.2, 0) is 9.53 Å². The Bertz CT molecular complexity index is 213. The maximum Gasteiger partial charge on any atom is 0.249 e. The van der Waals surface area contributed by atoms with Gasteiger partial charge in [0, 0.05) is 6.54 Å². The number of carbonyl (C=O) groups is 1. The number of amides is 1. The molecule has 1 fully saturated rings. The minimum Gasteiger partial charge on any atom is -0.365 e. The molecule has 74 valence electrons. The lowest BCUT2D eigenvalue weighted by atomic mass is 10.2. The van der Waals surface area contributed by atoms with Gasteiger partial charge in [0.05, 0.1) is 6.10 Å². The highest BCUT2D eigenvalue weighted by Gasteiger charge is 2.27. The molecule has 2 atom stereocenters.